The minimum atomic E-state index is -0.614. The molecule has 0 spiro atoms. The summed E-state index contributed by atoms with van der Waals surface area (Å²) >= 11 is 5.99. The number of hydroxylamine groups is 1. The summed E-state index contributed by atoms with van der Waals surface area (Å²) in [5, 5.41) is 12.7. The second-order valence-electron chi connectivity index (χ2n) is 7.26. The van der Waals surface area contributed by atoms with Crippen LogP contribution in [0.15, 0.2) is 65.6 Å². The minimum absolute atomic E-state index is 0.220. The molecule has 2 aromatic heterocycles. The first-order valence-electron chi connectivity index (χ1n) is 9.67. The number of amides is 2. The Morgan fingerprint density at radius 1 is 1.06 bits per heavy atom. The van der Waals surface area contributed by atoms with E-state index in [1.807, 2.05) is 12.1 Å². The lowest BCUT2D eigenvalue weighted by molar-refractivity contribution is 0.0706. The molecule has 4 N–H and O–H groups in total. The molecule has 0 aliphatic heterocycles. The number of hydrogen-bond donors (Lipinski definition) is 4. The average molecular weight is 451 g/mol. The molecule has 2 amide bonds. The predicted octanol–water partition coefficient (Wildman–Crippen LogP) is 3.24. The molecule has 0 unspecified atom stereocenters. The van der Waals surface area contributed by atoms with Crippen LogP contribution in [0.25, 0.3) is 22.0 Å². The second-order valence-corrected chi connectivity index (χ2v) is 7.69. The maximum atomic E-state index is 12.7. The van der Waals surface area contributed by atoms with Crippen LogP contribution < -0.4 is 16.4 Å². The number of carbonyl (C=O) groups is 2. The number of aryl methyl sites for hydroxylation is 1. The van der Waals surface area contributed by atoms with Gasteiger partial charge in [0.05, 0.1) is 0 Å². The Morgan fingerprint density at radius 2 is 1.75 bits per heavy atom. The van der Waals surface area contributed by atoms with E-state index in [0.717, 1.165) is 16.7 Å². The molecule has 9 heteroatoms. The average Bonchev–Trinajstić information content (AvgIpc) is 3.26. The third-order valence-electron chi connectivity index (χ3n) is 5.14. The van der Waals surface area contributed by atoms with E-state index in [-0.39, 0.29) is 23.7 Å². The third-order valence-corrected chi connectivity index (χ3v) is 5.39. The van der Waals surface area contributed by atoms with Crippen molar-refractivity contribution in [3.8, 4) is 11.1 Å². The molecule has 4 rings (SSSR count). The zero-order valence-corrected chi connectivity index (χ0v) is 17.7. The Morgan fingerprint density at radius 3 is 2.41 bits per heavy atom. The van der Waals surface area contributed by atoms with Gasteiger partial charge < -0.3 is 14.9 Å². The highest BCUT2D eigenvalue weighted by Crippen LogP contribution is 2.28. The van der Waals surface area contributed by atoms with Crippen LogP contribution in [-0.4, -0.2) is 26.6 Å². The number of nitrogens with one attached hydrogen (secondary N) is 3. The van der Waals surface area contributed by atoms with Crippen molar-refractivity contribution in [1.82, 2.24) is 20.3 Å². The number of pyridine rings is 1. The van der Waals surface area contributed by atoms with Gasteiger partial charge in [0.15, 0.2) is 0 Å². The summed E-state index contributed by atoms with van der Waals surface area (Å²) in [6.45, 7) is 0.220. The zero-order chi connectivity index (χ0) is 22.8. The molecule has 0 saturated carbocycles. The third kappa shape index (κ3) is 4.14. The van der Waals surface area contributed by atoms with Crippen LogP contribution in [0.5, 0.6) is 0 Å². The number of halogens is 1. The van der Waals surface area contributed by atoms with Gasteiger partial charge in [-0.15, -0.1) is 0 Å². The molecular weight excluding hydrogens is 432 g/mol. The van der Waals surface area contributed by atoms with Crippen molar-refractivity contribution in [2.24, 2.45) is 7.05 Å². The van der Waals surface area contributed by atoms with Crippen LogP contribution >= 0.6 is 11.6 Å². The summed E-state index contributed by atoms with van der Waals surface area (Å²) in [6.07, 6.45) is 1.73. The second kappa shape index (κ2) is 8.70. The number of aromatic amines is 1. The van der Waals surface area contributed by atoms with Gasteiger partial charge in [-0.05, 0) is 41.5 Å². The van der Waals surface area contributed by atoms with E-state index in [2.05, 4.69) is 10.3 Å². The molecule has 4 aromatic rings. The molecule has 0 aliphatic rings. The summed E-state index contributed by atoms with van der Waals surface area (Å²) in [4.78, 5) is 39.7. The number of H-pyrrole nitrogens is 1. The van der Waals surface area contributed by atoms with Gasteiger partial charge in [-0.25, -0.2) is 5.48 Å². The maximum Gasteiger partial charge on any atom is 0.274 e. The van der Waals surface area contributed by atoms with Gasteiger partial charge in [-0.3, -0.25) is 19.6 Å². The van der Waals surface area contributed by atoms with Gasteiger partial charge in [-0.1, -0.05) is 35.9 Å². The number of benzene rings is 2. The fourth-order valence-corrected chi connectivity index (χ4v) is 3.56. The summed E-state index contributed by atoms with van der Waals surface area (Å²) in [5.41, 5.74) is 4.65. The lowest BCUT2D eigenvalue weighted by Crippen LogP contribution is -2.23. The molecule has 0 saturated heterocycles. The molecule has 2 heterocycles. The molecule has 162 valence electrons. The summed E-state index contributed by atoms with van der Waals surface area (Å²) in [5.74, 6) is -0.987. The van der Waals surface area contributed by atoms with Crippen molar-refractivity contribution in [3.63, 3.8) is 0 Å². The van der Waals surface area contributed by atoms with E-state index in [1.165, 1.54) is 16.7 Å². The number of nitrogens with zero attached hydrogens (tertiary/aromatic N) is 1. The van der Waals surface area contributed by atoms with E-state index in [0.29, 0.717) is 21.5 Å². The SMILES string of the molecule is Cn1cc(-c2ccc(Cl)cc2)c2cc(C(=O)NCc3ccc(C(=O)NO)cc3)[nH]c2c1=O. The monoisotopic (exact) mass is 450 g/mol. The first kappa shape index (κ1) is 21.4. The maximum absolute atomic E-state index is 12.7. The summed E-state index contributed by atoms with van der Waals surface area (Å²) in [6, 6.07) is 15.3. The quantitative estimate of drug-likeness (QED) is 0.276. The van der Waals surface area contributed by atoms with Crippen LogP contribution in [0.2, 0.25) is 5.02 Å². The van der Waals surface area contributed by atoms with Crippen LogP contribution in [0, 0.1) is 0 Å². The minimum Gasteiger partial charge on any atom is -0.347 e. The van der Waals surface area contributed by atoms with Gasteiger partial charge in [-0.2, -0.15) is 0 Å². The zero-order valence-electron chi connectivity index (χ0n) is 17.0. The Labute approximate surface area is 187 Å². The van der Waals surface area contributed by atoms with Crippen molar-refractivity contribution < 1.29 is 14.8 Å². The highest BCUT2D eigenvalue weighted by Gasteiger charge is 2.16. The van der Waals surface area contributed by atoms with Crippen molar-refractivity contribution in [1.29, 1.82) is 0 Å². The predicted molar refractivity (Wildman–Crippen MR) is 121 cm³/mol. The normalized spacial score (nSPS) is 10.8. The molecule has 0 bridgehead atoms. The fraction of sp³-hybridized carbons (Fsp3) is 0.0870. The Balaban J connectivity index is 1.60. The molecule has 2 aromatic carbocycles. The van der Waals surface area contributed by atoms with E-state index in [1.54, 1.807) is 49.1 Å². The largest absolute Gasteiger partial charge is 0.347 e. The van der Waals surface area contributed by atoms with Crippen LogP contribution in [0.4, 0.5) is 0 Å². The molecule has 0 aliphatic carbocycles. The highest BCUT2D eigenvalue weighted by atomic mass is 35.5. The van der Waals surface area contributed by atoms with Crippen molar-refractivity contribution >= 4 is 34.3 Å². The molecule has 0 radical (unpaired) electrons. The van der Waals surface area contributed by atoms with Crippen molar-refractivity contribution in [2.45, 2.75) is 6.54 Å². The van der Waals surface area contributed by atoms with E-state index in [4.69, 9.17) is 16.8 Å². The standard InChI is InChI=1S/C23H19ClN4O4/c1-28-12-18(14-6-8-16(24)9-7-14)17-10-19(26-20(17)23(28)31)22(30)25-11-13-2-4-15(5-3-13)21(29)27-32/h2-10,12,26,32H,11H2,1H3,(H,25,30)(H,27,29). The van der Waals surface area contributed by atoms with Crippen molar-refractivity contribution in [3.05, 3.63) is 93.0 Å². The molecule has 0 atom stereocenters. The molecule has 32 heavy (non-hydrogen) atoms. The van der Waals surface area contributed by atoms with E-state index in [9.17, 15) is 14.4 Å². The summed E-state index contributed by atoms with van der Waals surface area (Å²) < 4.78 is 1.47. The van der Waals surface area contributed by atoms with Crippen LogP contribution in [0.3, 0.4) is 0 Å². The van der Waals surface area contributed by atoms with Gasteiger partial charge in [0.1, 0.15) is 11.2 Å². The number of carbonyl (C=O) groups excluding carboxylic acids is 2. The lowest BCUT2D eigenvalue weighted by atomic mass is 10.0. The van der Waals surface area contributed by atoms with Gasteiger partial charge >= 0.3 is 0 Å². The Hall–Kier alpha value is -3.88. The molecule has 8 nitrogen and oxygen atoms in total. The molecule has 0 fully saturated rings. The van der Waals surface area contributed by atoms with Crippen LogP contribution in [-0.2, 0) is 13.6 Å². The Kier molecular flexibility index (Phi) is 5.81. The number of hydrogen-bond acceptors (Lipinski definition) is 4. The smallest absolute Gasteiger partial charge is 0.274 e. The topological polar surface area (TPSA) is 116 Å². The first-order chi connectivity index (χ1) is 15.4. The fourth-order valence-electron chi connectivity index (χ4n) is 3.43. The summed E-state index contributed by atoms with van der Waals surface area (Å²) in [7, 11) is 1.66. The van der Waals surface area contributed by atoms with Gasteiger partial charge in [0, 0.05) is 41.3 Å². The van der Waals surface area contributed by atoms with E-state index >= 15 is 0 Å². The Bertz CT molecular complexity index is 1370. The van der Waals surface area contributed by atoms with Gasteiger partial charge in [0.25, 0.3) is 17.4 Å². The first-order valence-corrected chi connectivity index (χ1v) is 10.0. The van der Waals surface area contributed by atoms with E-state index < -0.39 is 5.91 Å². The van der Waals surface area contributed by atoms with Gasteiger partial charge in [0.2, 0.25) is 0 Å². The van der Waals surface area contributed by atoms with Crippen LogP contribution in [0.1, 0.15) is 26.4 Å². The number of aromatic nitrogens is 2. The molecular formula is C23H19ClN4O4. The lowest BCUT2D eigenvalue weighted by Gasteiger charge is -2.06. The van der Waals surface area contributed by atoms with Crippen molar-refractivity contribution in [2.75, 3.05) is 0 Å². The highest BCUT2D eigenvalue weighted by molar-refractivity contribution is 6.30. The number of fused-ring (bicyclic) bond motifs is 1. The number of rotatable bonds is 5.